The molecule has 1 N–H and O–H groups in total. The first-order valence-corrected chi connectivity index (χ1v) is 10.5. The van der Waals surface area contributed by atoms with Crippen molar-refractivity contribution < 1.29 is 29.1 Å². The average molecular weight is 458 g/mol. The van der Waals surface area contributed by atoms with Gasteiger partial charge in [0.05, 0.1) is 17.1 Å². The summed E-state index contributed by atoms with van der Waals surface area (Å²) in [5, 5.41) is 19.1. The number of hydrogen-bond donors (Lipinski definition) is 1. The van der Waals surface area contributed by atoms with Crippen LogP contribution in [0.4, 0.5) is 5.69 Å². The third-order valence-corrected chi connectivity index (χ3v) is 4.82. The van der Waals surface area contributed by atoms with E-state index >= 15 is 0 Å². The molecule has 8 heteroatoms. The van der Waals surface area contributed by atoms with E-state index < -0.39 is 4.92 Å². The summed E-state index contributed by atoms with van der Waals surface area (Å²) < 4.78 is 10.1. The van der Waals surface area contributed by atoms with Crippen molar-refractivity contribution >= 4 is 18.4 Å². The molecule has 33 heavy (non-hydrogen) atoms. The molecule has 1 saturated carbocycles. The summed E-state index contributed by atoms with van der Waals surface area (Å²) in [5.74, 6) is 0.937. The van der Waals surface area contributed by atoms with Crippen LogP contribution >= 0.6 is 0 Å². The topological polar surface area (TPSA) is 116 Å². The number of non-ortho nitro benzene ring substituents is 1. The maximum absolute atomic E-state index is 10.2. The van der Waals surface area contributed by atoms with Gasteiger partial charge < -0.3 is 14.6 Å². The molecule has 0 spiro atoms. The molecule has 0 unspecified atom stereocenters. The smallest absolute Gasteiger partial charge is 0.298 e. The van der Waals surface area contributed by atoms with Gasteiger partial charge in [-0.3, -0.25) is 19.7 Å². The molecule has 0 saturated heterocycles. The Bertz CT molecular complexity index is 913. The monoisotopic (exact) mass is 457 g/mol. The van der Waals surface area contributed by atoms with E-state index in [0.717, 1.165) is 31.0 Å². The lowest BCUT2D eigenvalue weighted by Gasteiger charge is -2.27. The number of aromatic hydroxyl groups is 1. The number of benzene rings is 2. The van der Waals surface area contributed by atoms with Crippen LogP contribution in [0.1, 0.15) is 61.4 Å². The van der Waals surface area contributed by atoms with Crippen LogP contribution in [0.5, 0.6) is 11.5 Å². The quantitative estimate of drug-likeness (QED) is 0.260. The van der Waals surface area contributed by atoms with E-state index in [0.29, 0.717) is 30.5 Å². The number of carbonyl (C=O) groups excluding carboxylic acids is 2. The van der Waals surface area contributed by atoms with Gasteiger partial charge in [-0.25, -0.2) is 0 Å². The molecular formula is C25H31NO7. The lowest BCUT2D eigenvalue weighted by atomic mass is 9.83. The van der Waals surface area contributed by atoms with Crippen molar-refractivity contribution in [3.8, 4) is 11.5 Å². The molecular weight excluding hydrogens is 426 g/mol. The zero-order valence-electron chi connectivity index (χ0n) is 19.2. The summed E-state index contributed by atoms with van der Waals surface area (Å²) in [6.45, 7) is 7.96. The summed E-state index contributed by atoms with van der Waals surface area (Å²) in [6.07, 6.45) is 5.48. The number of aldehydes is 1. The van der Waals surface area contributed by atoms with E-state index in [1.54, 1.807) is 7.11 Å². The molecule has 1 fully saturated rings. The minimum Gasteiger partial charge on any atom is -0.508 e. The first-order valence-electron chi connectivity index (χ1n) is 10.5. The highest BCUT2D eigenvalue weighted by Crippen LogP contribution is 2.34. The number of rotatable bonds is 6. The van der Waals surface area contributed by atoms with Gasteiger partial charge in [0.2, 0.25) is 0 Å². The Morgan fingerprint density at radius 3 is 2.12 bits per heavy atom. The summed E-state index contributed by atoms with van der Waals surface area (Å²) >= 11 is 0. The Balaban J connectivity index is 0.000000297. The van der Waals surface area contributed by atoms with Crippen molar-refractivity contribution in [2.75, 3.05) is 7.11 Å². The minimum absolute atomic E-state index is 0.0849. The van der Waals surface area contributed by atoms with Crippen LogP contribution in [0.2, 0.25) is 0 Å². The van der Waals surface area contributed by atoms with Crippen LogP contribution in [0.3, 0.4) is 0 Å². The van der Waals surface area contributed by atoms with Gasteiger partial charge in [0.1, 0.15) is 17.8 Å². The lowest BCUT2D eigenvalue weighted by molar-refractivity contribution is -0.384. The first-order chi connectivity index (χ1) is 15.7. The summed E-state index contributed by atoms with van der Waals surface area (Å²) in [6, 6.07) is 11.0. The molecule has 0 atom stereocenters. The highest BCUT2D eigenvalue weighted by molar-refractivity contribution is 5.77. The lowest BCUT2D eigenvalue weighted by Crippen LogP contribution is -2.19. The number of nitrogens with zero attached hydrogens (tertiary/aromatic N) is 1. The molecule has 0 radical (unpaired) electrons. The second-order valence-corrected chi connectivity index (χ2v) is 7.86. The standard InChI is InChI=1S/C14H18O3.C7H5NO4.C4H8/c1-16-13-6-2-11(3-7-13)12-4-8-14(9-5-12)17-10-15;9-4-5-1-6(8(11)12)3-7(10)2-5;1-4(2)3/h4-5,8-11,13H,2-3,6-7H2,1H3;1-4,10H;1H2,2-3H3. The number of allylic oxidation sites excluding steroid dienone is 1. The van der Waals surface area contributed by atoms with Crippen molar-refractivity contribution in [2.45, 2.75) is 51.6 Å². The van der Waals surface area contributed by atoms with Crippen LogP contribution in [0.25, 0.3) is 0 Å². The van der Waals surface area contributed by atoms with Gasteiger partial charge >= 0.3 is 0 Å². The Kier molecular flexibility index (Phi) is 12.1. The van der Waals surface area contributed by atoms with Gasteiger partial charge in [0.15, 0.2) is 0 Å². The minimum atomic E-state index is -0.674. The first kappa shape index (κ1) is 27.5. The second-order valence-electron chi connectivity index (χ2n) is 7.86. The zero-order chi connectivity index (χ0) is 24.8. The number of hydrogen-bond acceptors (Lipinski definition) is 7. The highest BCUT2D eigenvalue weighted by atomic mass is 16.6. The van der Waals surface area contributed by atoms with Gasteiger partial charge in [0, 0.05) is 18.7 Å². The molecule has 1 aliphatic carbocycles. The summed E-state index contributed by atoms with van der Waals surface area (Å²) in [5.41, 5.74) is 2.29. The fraction of sp³-hybridized carbons (Fsp3) is 0.360. The SMILES string of the molecule is C=C(C)C.COC1CCC(c2ccc(OC=O)cc2)CC1.O=Cc1cc(O)cc([N+](=O)[O-])c1. The van der Waals surface area contributed by atoms with Gasteiger partial charge in [-0.2, -0.15) is 0 Å². The van der Waals surface area contributed by atoms with E-state index in [1.807, 2.05) is 26.0 Å². The average Bonchev–Trinajstić information content (AvgIpc) is 2.79. The number of phenols is 1. The summed E-state index contributed by atoms with van der Waals surface area (Å²) in [7, 11) is 1.79. The van der Waals surface area contributed by atoms with Crippen LogP contribution < -0.4 is 4.74 Å². The van der Waals surface area contributed by atoms with Gasteiger partial charge in [-0.15, -0.1) is 6.58 Å². The van der Waals surface area contributed by atoms with Gasteiger partial charge in [0.25, 0.3) is 12.2 Å². The van der Waals surface area contributed by atoms with Crippen molar-refractivity contribution in [3.05, 3.63) is 75.9 Å². The number of ether oxygens (including phenoxy) is 2. The third kappa shape index (κ3) is 10.6. The van der Waals surface area contributed by atoms with Crippen LogP contribution in [-0.2, 0) is 9.53 Å². The maximum Gasteiger partial charge on any atom is 0.298 e. The van der Waals surface area contributed by atoms with E-state index in [9.17, 15) is 19.7 Å². The number of phenolic OH excluding ortho intramolecular Hbond substituents is 1. The molecule has 0 aromatic heterocycles. The van der Waals surface area contributed by atoms with Crippen molar-refractivity contribution in [1.29, 1.82) is 0 Å². The maximum atomic E-state index is 10.2. The summed E-state index contributed by atoms with van der Waals surface area (Å²) in [4.78, 5) is 29.9. The van der Waals surface area contributed by atoms with Crippen molar-refractivity contribution in [1.82, 2.24) is 0 Å². The highest BCUT2D eigenvalue weighted by Gasteiger charge is 2.21. The molecule has 1 aliphatic rings. The number of nitro benzene ring substituents is 1. The molecule has 0 heterocycles. The molecule has 8 nitrogen and oxygen atoms in total. The Labute approximate surface area is 194 Å². The molecule has 3 rings (SSSR count). The number of carbonyl (C=O) groups is 2. The number of methoxy groups -OCH3 is 1. The molecule has 2 aromatic rings. The van der Waals surface area contributed by atoms with Crippen LogP contribution in [0.15, 0.2) is 54.6 Å². The zero-order valence-corrected chi connectivity index (χ0v) is 19.2. The normalized spacial score (nSPS) is 16.7. The van der Waals surface area contributed by atoms with E-state index in [1.165, 1.54) is 24.0 Å². The molecule has 0 bridgehead atoms. The molecule has 178 valence electrons. The Morgan fingerprint density at radius 2 is 1.67 bits per heavy atom. The largest absolute Gasteiger partial charge is 0.508 e. The van der Waals surface area contributed by atoms with Gasteiger partial charge in [-0.05, 0) is 69.2 Å². The van der Waals surface area contributed by atoms with Crippen molar-refractivity contribution in [3.63, 3.8) is 0 Å². The fourth-order valence-corrected chi connectivity index (χ4v) is 3.30. The number of nitro groups is 1. The van der Waals surface area contributed by atoms with Crippen LogP contribution in [-0.4, -0.2) is 36.0 Å². The second kappa shape index (κ2) is 14.5. The van der Waals surface area contributed by atoms with Crippen molar-refractivity contribution in [2.24, 2.45) is 0 Å². The predicted molar refractivity (Wildman–Crippen MR) is 126 cm³/mol. The molecule has 2 aromatic carbocycles. The predicted octanol–water partition coefficient (Wildman–Crippen LogP) is 5.59. The fourth-order valence-electron chi connectivity index (χ4n) is 3.30. The third-order valence-electron chi connectivity index (χ3n) is 4.82. The Hall–Kier alpha value is -3.52. The van der Waals surface area contributed by atoms with E-state index in [2.05, 4.69) is 18.7 Å². The van der Waals surface area contributed by atoms with Gasteiger partial charge in [-0.1, -0.05) is 17.7 Å². The van der Waals surface area contributed by atoms with Crippen LogP contribution in [0, 0.1) is 10.1 Å². The Morgan fingerprint density at radius 1 is 1.09 bits per heavy atom. The molecule has 0 amide bonds. The van der Waals surface area contributed by atoms with E-state index in [4.69, 9.17) is 14.6 Å². The molecule has 0 aliphatic heterocycles. The van der Waals surface area contributed by atoms with E-state index in [-0.39, 0.29) is 17.0 Å².